The van der Waals surface area contributed by atoms with Gasteiger partial charge in [0.25, 0.3) is 5.69 Å². The first-order valence-corrected chi connectivity index (χ1v) is 3.94. The first-order chi connectivity index (χ1) is 6.97. The minimum absolute atomic E-state index is 0.0168. The summed E-state index contributed by atoms with van der Waals surface area (Å²) in [5.74, 6) is 0.0168. The monoisotopic (exact) mass is 212 g/mol. The average molecular weight is 212 g/mol. The zero-order chi connectivity index (χ0) is 11.6. The second-order valence-electron chi connectivity index (χ2n) is 2.82. The molecule has 0 radical (unpaired) electrons. The maximum Gasteiger partial charge on any atom is 0.317 e. The predicted molar refractivity (Wildman–Crippen MR) is 51.0 cm³/mol. The molecule has 0 fully saturated rings. The smallest absolute Gasteiger partial charge is 0.317 e. The lowest BCUT2D eigenvalue weighted by atomic mass is 10.1. The van der Waals surface area contributed by atoms with E-state index in [1.54, 1.807) is 0 Å². The topological polar surface area (TPSA) is 95.5 Å². The molecular formula is C8H8N2O5. The van der Waals surface area contributed by atoms with E-state index < -0.39 is 15.5 Å². The minimum Gasteiger partial charge on any atom is -0.490 e. The largest absolute Gasteiger partial charge is 0.490 e. The summed E-state index contributed by atoms with van der Waals surface area (Å²) in [5.41, 5.74) is -0.375. The van der Waals surface area contributed by atoms with Crippen LogP contribution < -0.4 is 4.74 Å². The molecule has 80 valence electrons. The van der Waals surface area contributed by atoms with Crippen LogP contribution in [-0.2, 0) is 0 Å². The van der Waals surface area contributed by atoms with Crippen LogP contribution in [0.5, 0.6) is 5.75 Å². The van der Waals surface area contributed by atoms with Gasteiger partial charge in [0.1, 0.15) is 0 Å². The molecule has 0 atom stereocenters. The van der Waals surface area contributed by atoms with Crippen LogP contribution in [0.1, 0.15) is 5.56 Å². The molecule has 0 aliphatic carbocycles. The Morgan fingerprint density at radius 1 is 1.13 bits per heavy atom. The summed E-state index contributed by atoms with van der Waals surface area (Å²) in [5, 5.41) is 21.1. The standard InChI is InChI=1S/C8H8N2O5/c1-5-3-8(15-2)7(10(13)14)4-6(5)9(11)12/h3-4H,1-2H3. The number of hydrogen-bond acceptors (Lipinski definition) is 5. The number of aryl methyl sites for hydroxylation is 1. The van der Waals surface area contributed by atoms with E-state index in [0.717, 1.165) is 6.07 Å². The lowest BCUT2D eigenvalue weighted by Gasteiger charge is -2.03. The van der Waals surface area contributed by atoms with Gasteiger partial charge in [0.15, 0.2) is 5.75 Å². The van der Waals surface area contributed by atoms with Crippen molar-refractivity contribution in [1.82, 2.24) is 0 Å². The van der Waals surface area contributed by atoms with Crippen molar-refractivity contribution in [3.05, 3.63) is 37.9 Å². The van der Waals surface area contributed by atoms with E-state index in [-0.39, 0.29) is 11.4 Å². The summed E-state index contributed by atoms with van der Waals surface area (Å²) in [7, 11) is 1.27. The molecule has 0 heterocycles. The molecule has 0 amide bonds. The molecule has 0 bridgehead atoms. The Morgan fingerprint density at radius 3 is 2.07 bits per heavy atom. The summed E-state index contributed by atoms with van der Waals surface area (Å²) in [4.78, 5) is 19.7. The highest BCUT2D eigenvalue weighted by molar-refractivity contribution is 5.57. The summed E-state index contributed by atoms with van der Waals surface area (Å²) in [6.45, 7) is 1.49. The Morgan fingerprint density at radius 2 is 1.67 bits per heavy atom. The van der Waals surface area contributed by atoms with Gasteiger partial charge in [-0.15, -0.1) is 0 Å². The van der Waals surface area contributed by atoms with Crippen LogP contribution in [0.3, 0.4) is 0 Å². The maximum atomic E-state index is 10.6. The normalized spacial score (nSPS) is 9.73. The van der Waals surface area contributed by atoms with Crippen molar-refractivity contribution in [3.63, 3.8) is 0 Å². The molecular weight excluding hydrogens is 204 g/mol. The van der Waals surface area contributed by atoms with E-state index in [2.05, 4.69) is 0 Å². The van der Waals surface area contributed by atoms with Crippen LogP contribution in [0.2, 0.25) is 0 Å². The van der Waals surface area contributed by atoms with Gasteiger partial charge in [-0.05, 0) is 13.0 Å². The Hall–Kier alpha value is -2.18. The van der Waals surface area contributed by atoms with Crippen molar-refractivity contribution in [1.29, 1.82) is 0 Å². The SMILES string of the molecule is COc1cc(C)c([N+](=O)[O-])cc1[N+](=O)[O-]. The fraction of sp³-hybridized carbons (Fsp3) is 0.250. The molecule has 0 unspecified atom stereocenters. The Labute approximate surface area is 84.6 Å². The number of nitrogens with zero attached hydrogens (tertiary/aromatic N) is 2. The molecule has 0 aliphatic heterocycles. The van der Waals surface area contributed by atoms with Crippen molar-refractivity contribution < 1.29 is 14.6 Å². The molecule has 7 nitrogen and oxygen atoms in total. The number of benzene rings is 1. The summed E-state index contributed by atoms with van der Waals surface area (Å²) in [6, 6.07) is 2.17. The zero-order valence-corrected chi connectivity index (χ0v) is 8.09. The fourth-order valence-corrected chi connectivity index (χ4v) is 1.16. The van der Waals surface area contributed by atoms with Gasteiger partial charge in [-0.25, -0.2) is 0 Å². The lowest BCUT2D eigenvalue weighted by Crippen LogP contribution is -1.98. The van der Waals surface area contributed by atoms with E-state index in [9.17, 15) is 20.2 Å². The number of rotatable bonds is 3. The van der Waals surface area contributed by atoms with E-state index in [4.69, 9.17) is 4.74 Å². The Bertz CT molecular complexity index is 429. The lowest BCUT2D eigenvalue weighted by molar-refractivity contribution is -0.395. The number of methoxy groups -OCH3 is 1. The fourth-order valence-electron chi connectivity index (χ4n) is 1.16. The average Bonchev–Trinajstić information content (AvgIpc) is 2.16. The number of ether oxygens (including phenoxy) is 1. The van der Waals surface area contributed by atoms with Gasteiger partial charge in [0, 0.05) is 5.56 Å². The van der Waals surface area contributed by atoms with Crippen LogP contribution >= 0.6 is 0 Å². The molecule has 0 aliphatic rings. The van der Waals surface area contributed by atoms with Crippen LogP contribution in [0, 0.1) is 27.2 Å². The molecule has 1 aromatic rings. The third kappa shape index (κ3) is 2.01. The molecule has 0 saturated carbocycles. The van der Waals surface area contributed by atoms with Gasteiger partial charge in [-0.3, -0.25) is 20.2 Å². The third-order valence-corrected chi connectivity index (χ3v) is 1.89. The molecule has 7 heteroatoms. The third-order valence-electron chi connectivity index (χ3n) is 1.89. The first kappa shape index (κ1) is 10.9. The van der Waals surface area contributed by atoms with Crippen LogP contribution in [0.25, 0.3) is 0 Å². The molecule has 0 aromatic heterocycles. The van der Waals surface area contributed by atoms with E-state index in [0.29, 0.717) is 5.56 Å². The molecule has 0 saturated heterocycles. The number of hydrogen-bond donors (Lipinski definition) is 0. The van der Waals surface area contributed by atoms with Gasteiger partial charge in [-0.2, -0.15) is 0 Å². The summed E-state index contributed by atoms with van der Waals surface area (Å²) < 4.78 is 4.76. The second-order valence-corrected chi connectivity index (χ2v) is 2.82. The quantitative estimate of drug-likeness (QED) is 0.562. The van der Waals surface area contributed by atoms with E-state index >= 15 is 0 Å². The number of nitro groups is 2. The van der Waals surface area contributed by atoms with Gasteiger partial charge >= 0.3 is 5.69 Å². The molecule has 1 aromatic carbocycles. The predicted octanol–water partition coefficient (Wildman–Crippen LogP) is 1.82. The van der Waals surface area contributed by atoms with Crippen LogP contribution in [0.4, 0.5) is 11.4 Å². The highest BCUT2D eigenvalue weighted by Gasteiger charge is 2.22. The summed E-state index contributed by atoms with van der Waals surface area (Å²) in [6.07, 6.45) is 0. The van der Waals surface area contributed by atoms with Crippen molar-refractivity contribution in [2.45, 2.75) is 6.92 Å². The highest BCUT2D eigenvalue weighted by atomic mass is 16.6. The highest BCUT2D eigenvalue weighted by Crippen LogP contribution is 2.33. The van der Waals surface area contributed by atoms with Crippen LogP contribution in [-0.4, -0.2) is 17.0 Å². The molecule has 0 N–H and O–H groups in total. The van der Waals surface area contributed by atoms with Crippen LogP contribution in [0.15, 0.2) is 12.1 Å². The van der Waals surface area contributed by atoms with Crippen molar-refractivity contribution >= 4 is 11.4 Å². The molecule has 15 heavy (non-hydrogen) atoms. The van der Waals surface area contributed by atoms with Crippen molar-refractivity contribution in [3.8, 4) is 5.75 Å². The van der Waals surface area contributed by atoms with E-state index in [1.807, 2.05) is 0 Å². The zero-order valence-electron chi connectivity index (χ0n) is 8.09. The Kier molecular flexibility index (Phi) is 2.84. The minimum atomic E-state index is -0.717. The number of nitro benzene ring substituents is 2. The van der Waals surface area contributed by atoms with Gasteiger partial charge in [0.05, 0.1) is 23.0 Å². The van der Waals surface area contributed by atoms with Gasteiger partial charge in [0.2, 0.25) is 0 Å². The molecule has 1 rings (SSSR count). The first-order valence-electron chi connectivity index (χ1n) is 3.94. The van der Waals surface area contributed by atoms with E-state index in [1.165, 1.54) is 20.1 Å². The van der Waals surface area contributed by atoms with Gasteiger partial charge < -0.3 is 4.74 Å². The van der Waals surface area contributed by atoms with Gasteiger partial charge in [-0.1, -0.05) is 0 Å². The molecule has 0 spiro atoms. The maximum absolute atomic E-state index is 10.6. The second kappa shape index (κ2) is 3.91. The van der Waals surface area contributed by atoms with Crippen molar-refractivity contribution in [2.24, 2.45) is 0 Å². The Balaban J connectivity index is 3.43. The summed E-state index contributed by atoms with van der Waals surface area (Å²) >= 11 is 0. The van der Waals surface area contributed by atoms with Crippen molar-refractivity contribution in [2.75, 3.05) is 7.11 Å².